The molecule has 7 heteroatoms. The number of hydrogen-bond donors (Lipinski definition) is 1. The van der Waals surface area contributed by atoms with Crippen molar-refractivity contribution in [2.45, 2.75) is 31.9 Å². The van der Waals surface area contributed by atoms with E-state index in [1.807, 2.05) is 0 Å². The van der Waals surface area contributed by atoms with E-state index in [-0.39, 0.29) is 11.8 Å². The van der Waals surface area contributed by atoms with E-state index >= 15 is 0 Å². The molecule has 1 aromatic carbocycles. The van der Waals surface area contributed by atoms with Crippen molar-refractivity contribution in [3.63, 3.8) is 0 Å². The number of amides is 2. The van der Waals surface area contributed by atoms with Gasteiger partial charge in [-0.25, -0.2) is 8.60 Å². The lowest BCUT2D eigenvalue weighted by atomic mass is 9.87. The average molecular weight is 340 g/mol. The van der Waals surface area contributed by atoms with E-state index in [4.69, 9.17) is 0 Å². The SMILES string of the molecule is CS(C)(=O)=NC(=O)c1ccc(NC(=O)C2CCC(F)CC2)cc1. The Hall–Kier alpha value is -1.76. The zero-order valence-corrected chi connectivity index (χ0v) is 14.1. The largest absolute Gasteiger partial charge is 0.326 e. The smallest absolute Gasteiger partial charge is 0.285 e. The van der Waals surface area contributed by atoms with Gasteiger partial charge >= 0.3 is 0 Å². The topological polar surface area (TPSA) is 75.6 Å². The Morgan fingerprint density at radius 1 is 1.13 bits per heavy atom. The van der Waals surface area contributed by atoms with E-state index in [1.54, 1.807) is 12.1 Å². The number of carbonyl (C=O) groups excluding carboxylic acids is 2. The fourth-order valence-electron chi connectivity index (χ4n) is 2.51. The molecule has 0 bridgehead atoms. The lowest BCUT2D eigenvalue weighted by Crippen LogP contribution is -2.27. The van der Waals surface area contributed by atoms with Gasteiger partial charge in [-0.2, -0.15) is 4.36 Å². The highest BCUT2D eigenvalue weighted by molar-refractivity contribution is 7.92. The maximum Gasteiger partial charge on any atom is 0.285 e. The summed E-state index contributed by atoms with van der Waals surface area (Å²) in [7, 11) is -2.49. The first kappa shape index (κ1) is 17.6. The van der Waals surface area contributed by atoms with Crippen molar-refractivity contribution in [3.05, 3.63) is 29.8 Å². The molecule has 23 heavy (non-hydrogen) atoms. The maximum atomic E-state index is 13.1. The number of anilines is 1. The third-order valence-electron chi connectivity index (χ3n) is 3.73. The van der Waals surface area contributed by atoms with Gasteiger partial charge in [0, 0.05) is 39.4 Å². The summed E-state index contributed by atoms with van der Waals surface area (Å²) in [5.74, 6) is -0.826. The van der Waals surface area contributed by atoms with E-state index in [1.165, 1.54) is 24.6 Å². The van der Waals surface area contributed by atoms with Gasteiger partial charge in [0.1, 0.15) is 6.17 Å². The Balaban J connectivity index is 1.99. The molecule has 0 heterocycles. The number of rotatable bonds is 3. The van der Waals surface area contributed by atoms with Gasteiger partial charge in [0.05, 0.1) is 0 Å². The highest BCUT2D eigenvalue weighted by Crippen LogP contribution is 2.27. The Morgan fingerprint density at radius 2 is 1.70 bits per heavy atom. The first-order valence-electron chi connectivity index (χ1n) is 7.51. The van der Waals surface area contributed by atoms with Gasteiger partial charge in [0.15, 0.2) is 0 Å². The number of hydrogen-bond acceptors (Lipinski definition) is 3. The fraction of sp³-hybridized carbons (Fsp3) is 0.500. The summed E-state index contributed by atoms with van der Waals surface area (Å²) in [5.41, 5.74) is 0.889. The quantitative estimate of drug-likeness (QED) is 0.919. The second kappa shape index (κ2) is 7.21. The molecule has 0 atom stereocenters. The van der Waals surface area contributed by atoms with Crippen LogP contribution in [0.5, 0.6) is 0 Å². The van der Waals surface area contributed by atoms with Crippen LogP contribution in [-0.4, -0.2) is 34.7 Å². The second-order valence-corrected chi connectivity index (χ2v) is 8.64. The van der Waals surface area contributed by atoms with Crippen LogP contribution in [0.2, 0.25) is 0 Å². The minimum Gasteiger partial charge on any atom is -0.326 e. The predicted molar refractivity (Wildman–Crippen MR) is 88.7 cm³/mol. The Kier molecular flexibility index (Phi) is 5.51. The molecule has 1 aromatic rings. The van der Waals surface area contributed by atoms with E-state index in [0.29, 0.717) is 36.9 Å². The number of halogens is 1. The normalized spacial score (nSPS) is 21.5. The molecular formula is C16H21FN2O3S. The van der Waals surface area contributed by atoms with Crippen LogP contribution in [-0.2, 0) is 14.5 Å². The number of alkyl halides is 1. The van der Waals surface area contributed by atoms with E-state index in [2.05, 4.69) is 9.68 Å². The molecular weight excluding hydrogens is 319 g/mol. The van der Waals surface area contributed by atoms with Crippen LogP contribution in [0, 0.1) is 5.92 Å². The van der Waals surface area contributed by atoms with Crippen molar-refractivity contribution >= 4 is 27.2 Å². The van der Waals surface area contributed by atoms with Crippen LogP contribution >= 0.6 is 0 Å². The van der Waals surface area contributed by atoms with Gasteiger partial charge in [0.2, 0.25) is 5.91 Å². The molecule has 1 N–H and O–H groups in total. The summed E-state index contributed by atoms with van der Waals surface area (Å²) in [6, 6.07) is 6.28. The van der Waals surface area contributed by atoms with Crippen molar-refractivity contribution in [1.82, 2.24) is 0 Å². The van der Waals surface area contributed by atoms with Gasteiger partial charge in [-0.1, -0.05) is 0 Å². The van der Waals surface area contributed by atoms with Crippen LogP contribution in [0.25, 0.3) is 0 Å². The summed E-state index contributed by atoms with van der Waals surface area (Å²) in [6.45, 7) is 0. The summed E-state index contributed by atoms with van der Waals surface area (Å²) >= 11 is 0. The third-order valence-corrected chi connectivity index (χ3v) is 4.34. The molecule has 0 aromatic heterocycles. The first-order chi connectivity index (χ1) is 10.7. The summed E-state index contributed by atoms with van der Waals surface area (Å²) in [6.07, 6.45) is 3.98. The van der Waals surface area contributed by atoms with E-state index in [9.17, 15) is 18.2 Å². The third kappa shape index (κ3) is 5.42. The molecule has 126 valence electrons. The van der Waals surface area contributed by atoms with Crippen LogP contribution < -0.4 is 5.32 Å². The molecule has 0 spiro atoms. The van der Waals surface area contributed by atoms with Crippen molar-refractivity contribution < 1.29 is 18.2 Å². The molecule has 0 saturated heterocycles. The standard InChI is InChI=1S/C16H21FN2O3S/c1-23(2,22)19-16(21)12-5-9-14(10-6-12)18-15(20)11-3-7-13(17)8-4-11/h5-6,9-11,13H,3-4,7-8H2,1-2H3,(H,18,20). The molecule has 1 aliphatic rings. The highest BCUT2D eigenvalue weighted by Gasteiger charge is 2.26. The lowest BCUT2D eigenvalue weighted by Gasteiger charge is -2.23. The predicted octanol–water partition coefficient (Wildman–Crippen LogP) is 3.02. The molecule has 1 aliphatic carbocycles. The highest BCUT2D eigenvalue weighted by atomic mass is 32.2. The Bertz CT molecular complexity index is 693. The first-order valence-corrected chi connectivity index (χ1v) is 9.84. The fourth-order valence-corrected chi connectivity index (χ4v) is 3.01. The Labute approximate surface area is 135 Å². The average Bonchev–Trinajstić information content (AvgIpc) is 2.46. The minimum absolute atomic E-state index is 0.120. The number of nitrogens with one attached hydrogen (secondary N) is 1. The molecule has 1 saturated carbocycles. The van der Waals surface area contributed by atoms with Crippen LogP contribution in [0.15, 0.2) is 28.6 Å². The van der Waals surface area contributed by atoms with Gasteiger partial charge in [-0.05, 0) is 49.9 Å². The van der Waals surface area contributed by atoms with Gasteiger partial charge in [-0.15, -0.1) is 0 Å². The maximum absolute atomic E-state index is 13.1. The van der Waals surface area contributed by atoms with Crippen LogP contribution in [0.3, 0.4) is 0 Å². The summed E-state index contributed by atoms with van der Waals surface area (Å²) < 4.78 is 28.2. The van der Waals surface area contributed by atoms with Gasteiger partial charge in [-0.3, -0.25) is 9.59 Å². The van der Waals surface area contributed by atoms with E-state index in [0.717, 1.165) is 0 Å². The Morgan fingerprint density at radius 3 is 2.22 bits per heavy atom. The van der Waals surface area contributed by atoms with Crippen LogP contribution in [0.4, 0.5) is 10.1 Å². The number of nitrogens with zero attached hydrogens (tertiary/aromatic N) is 1. The second-order valence-electron chi connectivity index (χ2n) is 6.09. The molecule has 1 fully saturated rings. The van der Waals surface area contributed by atoms with Gasteiger partial charge < -0.3 is 5.32 Å². The zero-order chi connectivity index (χ0) is 17.0. The van der Waals surface area contributed by atoms with Crippen molar-refractivity contribution in [3.8, 4) is 0 Å². The monoisotopic (exact) mass is 340 g/mol. The molecule has 2 amide bonds. The molecule has 2 rings (SSSR count). The van der Waals surface area contributed by atoms with Crippen molar-refractivity contribution in [1.29, 1.82) is 0 Å². The molecule has 0 unspecified atom stereocenters. The van der Waals surface area contributed by atoms with Crippen LogP contribution in [0.1, 0.15) is 36.0 Å². The minimum atomic E-state index is -2.49. The summed E-state index contributed by atoms with van der Waals surface area (Å²) in [4.78, 5) is 23.9. The number of carbonyl (C=O) groups is 2. The van der Waals surface area contributed by atoms with E-state index < -0.39 is 21.8 Å². The lowest BCUT2D eigenvalue weighted by molar-refractivity contribution is -0.121. The van der Waals surface area contributed by atoms with Crippen molar-refractivity contribution in [2.75, 3.05) is 17.8 Å². The number of benzene rings is 1. The molecule has 5 nitrogen and oxygen atoms in total. The van der Waals surface area contributed by atoms with Gasteiger partial charge in [0.25, 0.3) is 5.91 Å². The molecule has 0 radical (unpaired) electrons. The summed E-state index contributed by atoms with van der Waals surface area (Å²) in [5, 5.41) is 2.78. The van der Waals surface area contributed by atoms with Crippen molar-refractivity contribution in [2.24, 2.45) is 10.3 Å². The zero-order valence-electron chi connectivity index (χ0n) is 13.3. The molecule has 0 aliphatic heterocycles.